The molecule has 1 nitrogen and oxygen atoms in total. The summed E-state index contributed by atoms with van der Waals surface area (Å²) < 4.78 is 26.7. The molecule has 2 aliphatic rings. The fourth-order valence-corrected chi connectivity index (χ4v) is 5.19. The number of hydrogen-bond donors (Lipinski definition) is 0. The SMILES string of the molecule is C=C([C@H]1CC[C@H](CC/C=C/C#N)CC1)[C@H]1CC[C@H](c2ccc(F)c(F)c2)CC1. The van der Waals surface area contributed by atoms with Crippen molar-refractivity contribution in [3.05, 3.63) is 59.7 Å². The maximum Gasteiger partial charge on any atom is 0.159 e. The van der Waals surface area contributed by atoms with Crippen LogP contribution < -0.4 is 0 Å². The maximum absolute atomic E-state index is 13.5. The topological polar surface area (TPSA) is 23.8 Å². The molecule has 1 aromatic rings. The lowest BCUT2D eigenvalue weighted by molar-refractivity contribution is 0.260. The van der Waals surface area contributed by atoms with Gasteiger partial charge in [-0.25, -0.2) is 8.78 Å². The zero-order chi connectivity index (χ0) is 19.9. The first-order valence-corrected chi connectivity index (χ1v) is 10.8. The second kappa shape index (κ2) is 10.0. The lowest BCUT2D eigenvalue weighted by Gasteiger charge is -2.36. The van der Waals surface area contributed by atoms with Crippen molar-refractivity contribution in [1.82, 2.24) is 0 Å². The Morgan fingerprint density at radius 3 is 2.25 bits per heavy atom. The van der Waals surface area contributed by atoms with Gasteiger partial charge in [0.1, 0.15) is 0 Å². The number of rotatable bonds is 6. The molecule has 2 fully saturated rings. The van der Waals surface area contributed by atoms with Crippen molar-refractivity contribution in [2.45, 2.75) is 70.1 Å². The number of nitriles is 1. The molecule has 1 aromatic carbocycles. The van der Waals surface area contributed by atoms with Crippen molar-refractivity contribution < 1.29 is 8.78 Å². The molecule has 3 heteroatoms. The van der Waals surface area contributed by atoms with Crippen LogP contribution in [0.5, 0.6) is 0 Å². The van der Waals surface area contributed by atoms with Gasteiger partial charge in [-0.1, -0.05) is 24.3 Å². The quantitative estimate of drug-likeness (QED) is 0.369. The highest BCUT2D eigenvalue weighted by atomic mass is 19.2. The summed E-state index contributed by atoms with van der Waals surface area (Å²) in [6, 6.07) is 6.43. The highest BCUT2D eigenvalue weighted by Crippen LogP contribution is 2.44. The van der Waals surface area contributed by atoms with Crippen molar-refractivity contribution in [2.24, 2.45) is 17.8 Å². The van der Waals surface area contributed by atoms with Crippen molar-refractivity contribution in [3.8, 4) is 6.07 Å². The summed E-state index contributed by atoms with van der Waals surface area (Å²) in [6.07, 6.45) is 15.1. The molecule has 0 atom stereocenters. The first-order valence-electron chi connectivity index (χ1n) is 10.8. The van der Waals surface area contributed by atoms with Gasteiger partial charge in [0.15, 0.2) is 11.6 Å². The second-order valence-electron chi connectivity index (χ2n) is 8.62. The Bertz CT molecular complexity index is 729. The molecule has 0 bridgehead atoms. The third kappa shape index (κ3) is 5.31. The lowest BCUT2D eigenvalue weighted by Crippen LogP contribution is -2.22. The largest absolute Gasteiger partial charge is 0.204 e. The van der Waals surface area contributed by atoms with Crippen molar-refractivity contribution >= 4 is 0 Å². The van der Waals surface area contributed by atoms with Crippen LogP contribution in [0.3, 0.4) is 0 Å². The Morgan fingerprint density at radius 2 is 1.64 bits per heavy atom. The van der Waals surface area contributed by atoms with E-state index in [4.69, 9.17) is 5.26 Å². The maximum atomic E-state index is 13.5. The van der Waals surface area contributed by atoms with E-state index in [1.54, 1.807) is 12.1 Å². The molecule has 28 heavy (non-hydrogen) atoms. The van der Waals surface area contributed by atoms with Crippen LogP contribution in [0.4, 0.5) is 8.78 Å². The summed E-state index contributed by atoms with van der Waals surface area (Å²) in [4.78, 5) is 0. The summed E-state index contributed by atoms with van der Waals surface area (Å²) in [5.74, 6) is 0.872. The first-order chi connectivity index (χ1) is 13.6. The third-order valence-electron chi connectivity index (χ3n) is 6.97. The minimum Gasteiger partial charge on any atom is -0.204 e. The number of nitrogens with zero attached hydrogens (tertiary/aromatic N) is 1. The van der Waals surface area contributed by atoms with E-state index in [2.05, 4.69) is 12.6 Å². The standard InChI is InChI=1S/C25H31F2N/c1-18(20-8-6-19(7-9-20)5-3-2-4-16-28)21-10-12-22(13-11-21)23-14-15-24(26)25(27)17-23/h2,4,14-15,17,19-22H,1,3,5-13H2/b4-2+/t19-,20-,21-,22-. The highest BCUT2D eigenvalue weighted by molar-refractivity contribution is 5.23. The first kappa shape index (κ1) is 20.8. The van der Waals surface area contributed by atoms with Crippen LogP contribution in [0.25, 0.3) is 0 Å². The van der Waals surface area contributed by atoms with E-state index in [1.165, 1.54) is 49.8 Å². The highest BCUT2D eigenvalue weighted by Gasteiger charge is 2.30. The smallest absolute Gasteiger partial charge is 0.159 e. The molecule has 0 saturated heterocycles. The van der Waals surface area contributed by atoms with Crippen LogP contribution in [0.1, 0.15) is 75.7 Å². The predicted octanol–water partition coefficient (Wildman–Crippen LogP) is 7.46. The van der Waals surface area contributed by atoms with E-state index in [0.717, 1.165) is 43.6 Å². The average Bonchev–Trinajstić information content (AvgIpc) is 2.73. The van der Waals surface area contributed by atoms with Gasteiger partial charge in [-0.05, 0) is 106 Å². The molecule has 0 spiro atoms. The minimum absolute atomic E-state index is 0.344. The summed E-state index contributed by atoms with van der Waals surface area (Å²) >= 11 is 0. The molecule has 0 unspecified atom stereocenters. The minimum atomic E-state index is -0.762. The molecule has 0 amide bonds. The molecule has 150 valence electrons. The van der Waals surface area contributed by atoms with Gasteiger partial charge in [0.05, 0.1) is 6.07 Å². The summed E-state index contributed by atoms with van der Waals surface area (Å²) in [5.41, 5.74) is 2.38. The van der Waals surface area contributed by atoms with E-state index in [1.807, 2.05) is 6.08 Å². The second-order valence-corrected chi connectivity index (χ2v) is 8.62. The van der Waals surface area contributed by atoms with Crippen LogP contribution in [-0.4, -0.2) is 0 Å². The summed E-state index contributed by atoms with van der Waals surface area (Å²) in [7, 11) is 0. The molecule has 0 aromatic heterocycles. The van der Waals surface area contributed by atoms with Crippen molar-refractivity contribution in [2.75, 3.05) is 0 Å². The molecule has 0 radical (unpaired) electrons. The van der Waals surface area contributed by atoms with E-state index in [-0.39, 0.29) is 0 Å². The van der Waals surface area contributed by atoms with Crippen LogP contribution in [0.15, 0.2) is 42.5 Å². The molecular weight excluding hydrogens is 352 g/mol. The van der Waals surface area contributed by atoms with Crippen LogP contribution in [-0.2, 0) is 0 Å². The van der Waals surface area contributed by atoms with Crippen molar-refractivity contribution in [3.63, 3.8) is 0 Å². The normalized spacial score (nSPS) is 28.2. The zero-order valence-corrected chi connectivity index (χ0v) is 16.7. The van der Waals surface area contributed by atoms with Crippen LogP contribution in [0.2, 0.25) is 0 Å². The van der Waals surface area contributed by atoms with E-state index in [0.29, 0.717) is 17.8 Å². The average molecular weight is 384 g/mol. The number of benzene rings is 1. The van der Waals surface area contributed by atoms with Gasteiger partial charge in [-0.2, -0.15) is 5.26 Å². The van der Waals surface area contributed by atoms with Gasteiger partial charge < -0.3 is 0 Å². The van der Waals surface area contributed by atoms with Gasteiger partial charge in [0.25, 0.3) is 0 Å². The zero-order valence-electron chi connectivity index (χ0n) is 16.7. The Morgan fingerprint density at radius 1 is 1.00 bits per heavy atom. The third-order valence-corrected chi connectivity index (χ3v) is 6.97. The summed E-state index contributed by atoms with van der Waals surface area (Å²) in [5, 5.41) is 8.55. The molecule has 3 rings (SSSR count). The molecule has 2 saturated carbocycles. The monoisotopic (exact) mass is 383 g/mol. The van der Waals surface area contributed by atoms with Gasteiger partial charge in [0.2, 0.25) is 0 Å². The fourth-order valence-electron chi connectivity index (χ4n) is 5.19. The van der Waals surface area contributed by atoms with Gasteiger partial charge in [-0.3, -0.25) is 0 Å². The Kier molecular flexibility index (Phi) is 7.43. The van der Waals surface area contributed by atoms with Gasteiger partial charge >= 0.3 is 0 Å². The number of allylic oxidation sites excluding steroid dienone is 3. The van der Waals surface area contributed by atoms with E-state index in [9.17, 15) is 8.78 Å². The Balaban J connectivity index is 1.43. The molecule has 0 aliphatic heterocycles. The molecule has 0 N–H and O–H groups in total. The van der Waals surface area contributed by atoms with Crippen LogP contribution in [0, 0.1) is 40.7 Å². The Labute approximate surface area is 168 Å². The van der Waals surface area contributed by atoms with Gasteiger partial charge in [-0.15, -0.1) is 0 Å². The molecule has 0 heterocycles. The van der Waals surface area contributed by atoms with Crippen LogP contribution >= 0.6 is 0 Å². The number of hydrogen-bond acceptors (Lipinski definition) is 1. The molecular formula is C25H31F2N. The fraction of sp³-hybridized carbons (Fsp3) is 0.560. The number of halogens is 2. The molecule has 2 aliphatic carbocycles. The predicted molar refractivity (Wildman–Crippen MR) is 110 cm³/mol. The summed E-state index contributed by atoms with van der Waals surface area (Å²) in [6.45, 7) is 4.48. The van der Waals surface area contributed by atoms with Crippen molar-refractivity contribution in [1.29, 1.82) is 5.26 Å². The Hall–Kier alpha value is -1.95. The van der Waals surface area contributed by atoms with Gasteiger partial charge in [0, 0.05) is 6.08 Å². The lowest BCUT2D eigenvalue weighted by atomic mass is 9.69. The van der Waals surface area contributed by atoms with E-state index < -0.39 is 11.6 Å². The van der Waals surface area contributed by atoms with E-state index >= 15 is 0 Å².